The number of hydrogen-bond donors (Lipinski definition) is 1. The van der Waals surface area contributed by atoms with Gasteiger partial charge < -0.3 is 10.1 Å². The third kappa shape index (κ3) is 5.20. The van der Waals surface area contributed by atoms with E-state index in [1.807, 2.05) is 18.2 Å². The zero-order chi connectivity index (χ0) is 20.8. The van der Waals surface area contributed by atoms with E-state index >= 15 is 0 Å². The number of carbonyl (C=O) groups is 4. The van der Waals surface area contributed by atoms with Crippen molar-refractivity contribution in [3.05, 3.63) is 70.2 Å². The van der Waals surface area contributed by atoms with Crippen LogP contribution in [0.3, 0.4) is 0 Å². The summed E-state index contributed by atoms with van der Waals surface area (Å²) in [5.74, 6) is -1.96. The van der Waals surface area contributed by atoms with Crippen molar-refractivity contribution in [1.29, 1.82) is 0 Å². The van der Waals surface area contributed by atoms with Gasteiger partial charge in [-0.15, -0.1) is 0 Å². The van der Waals surface area contributed by atoms with Gasteiger partial charge in [-0.2, -0.15) is 0 Å². The molecule has 1 aliphatic rings. The van der Waals surface area contributed by atoms with Crippen LogP contribution in [0.5, 0.6) is 0 Å². The minimum absolute atomic E-state index is 0.0957. The zero-order valence-corrected chi connectivity index (χ0v) is 16.3. The summed E-state index contributed by atoms with van der Waals surface area (Å²) in [4.78, 5) is 49.1. The fourth-order valence-corrected chi connectivity index (χ4v) is 3.17. The van der Waals surface area contributed by atoms with Gasteiger partial charge in [0, 0.05) is 18.1 Å². The number of fused-ring (bicyclic) bond motifs is 1. The highest BCUT2D eigenvalue weighted by atomic mass is 35.5. The lowest BCUT2D eigenvalue weighted by Crippen LogP contribution is -2.33. The Balaban J connectivity index is 1.36. The summed E-state index contributed by atoms with van der Waals surface area (Å²) in [6, 6.07) is 13.8. The lowest BCUT2D eigenvalue weighted by molar-refractivity contribution is -0.148. The van der Waals surface area contributed by atoms with Crippen molar-refractivity contribution >= 4 is 35.3 Å². The Bertz CT molecular complexity index is 925. The first-order valence-electron chi connectivity index (χ1n) is 9.07. The van der Waals surface area contributed by atoms with E-state index in [0.717, 1.165) is 10.5 Å². The molecule has 0 bridgehead atoms. The number of benzene rings is 2. The molecule has 7 nitrogen and oxygen atoms in total. The maximum Gasteiger partial charge on any atom is 0.308 e. The van der Waals surface area contributed by atoms with Crippen molar-refractivity contribution in [1.82, 2.24) is 10.2 Å². The van der Waals surface area contributed by atoms with E-state index in [-0.39, 0.29) is 13.0 Å². The van der Waals surface area contributed by atoms with E-state index in [1.165, 1.54) is 0 Å². The molecule has 150 valence electrons. The van der Waals surface area contributed by atoms with Crippen LogP contribution < -0.4 is 5.32 Å². The summed E-state index contributed by atoms with van der Waals surface area (Å²) in [6.45, 7) is -0.135. The van der Waals surface area contributed by atoms with Crippen LogP contribution in [0.2, 0.25) is 5.02 Å². The second-order valence-corrected chi connectivity index (χ2v) is 6.88. The summed E-state index contributed by atoms with van der Waals surface area (Å²) in [5, 5.41) is 3.28. The van der Waals surface area contributed by atoms with Crippen molar-refractivity contribution < 1.29 is 23.9 Å². The molecule has 1 heterocycles. The first kappa shape index (κ1) is 20.5. The summed E-state index contributed by atoms with van der Waals surface area (Å²) in [6.07, 6.45) is 0.418. The Morgan fingerprint density at radius 2 is 1.69 bits per heavy atom. The van der Waals surface area contributed by atoms with Crippen LogP contribution in [0, 0.1) is 0 Å². The number of esters is 1. The summed E-state index contributed by atoms with van der Waals surface area (Å²) in [7, 11) is 0. The standard InChI is InChI=1S/C21H19ClN2O5/c22-15-5-3-4-14(12-15)8-10-23-18(25)13-29-19(26)9-11-24-20(27)16-6-1-2-7-17(16)21(24)28/h1-7,12H,8-11,13H2,(H,23,25). The van der Waals surface area contributed by atoms with Gasteiger partial charge in [0.05, 0.1) is 17.5 Å². The molecule has 2 aromatic carbocycles. The predicted molar refractivity (Wildman–Crippen MR) is 106 cm³/mol. The van der Waals surface area contributed by atoms with E-state index in [4.69, 9.17) is 16.3 Å². The second-order valence-electron chi connectivity index (χ2n) is 6.45. The van der Waals surface area contributed by atoms with Gasteiger partial charge in [-0.25, -0.2) is 0 Å². The van der Waals surface area contributed by atoms with E-state index in [9.17, 15) is 19.2 Å². The topological polar surface area (TPSA) is 92.8 Å². The number of imide groups is 1. The SMILES string of the molecule is O=C(COC(=O)CCN1C(=O)c2ccccc2C1=O)NCCc1cccc(Cl)c1. The molecule has 0 aliphatic carbocycles. The van der Waals surface area contributed by atoms with Crippen molar-refractivity contribution in [2.75, 3.05) is 19.7 Å². The number of rotatable bonds is 8. The van der Waals surface area contributed by atoms with Crippen LogP contribution in [0.15, 0.2) is 48.5 Å². The van der Waals surface area contributed by atoms with Gasteiger partial charge in [0.25, 0.3) is 17.7 Å². The van der Waals surface area contributed by atoms with Crippen LogP contribution in [-0.4, -0.2) is 48.3 Å². The normalized spacial score (nSPS) is 12.7. The van der Waals surface area contributed by atoms with Crippen LogP contribution in [0.25, 0.3) is 0 Å². The highest BCUT2D eigenvalue weighted by molar-refractivity contribution is 6.30. The molecule has 8 heteroatoms. The monoisotopic (exact) mass is 414 g/mol. The highest BCUT2D eigenvalue weighted by Gasteiger charge is 2.35. The fraction of sp³-hybridized carbons (Fsp3) is 0.238. The molecule has 0 aromatic heterocycles. The maximum absolute atomic E-state index is 12.2. The number of nitrogens with zero attached hydrogens (tertiary/aromatic N) is 1. The molecule has 1 N–H and O–H groups in total. The van der Waals surface area contributed by atoms with E-state index < -0.39 is 30.3 Å². The van der Waals surface area contributed by atoms with Crippen LogP contribution in [0.1, 0.15) is 32.7 Å². The van der Waals surface area contributed by atoms with E-state index in [2.05, 4.69) is 5.32 Å². The van der Waals surface area contributed by atoms with Crippen molar-refractivity contribution in [2.45, 2.75) is 12.8 Å². The van der Waals surface area contributed by atoms with E-state index in [0.29, 0.717) is 29.1 Å². The summed E-state index contributed by atoms with van der Waals surface area (Å²) < 4.78 is 4.91. The molecule has 0 atom stereocenters. The number of hydrogen-bond acceptors (Lipinski definition) is 5. The molecule has 29 heavy (non-hydrogen) atoms. The zero-order valence-electron chi connectivity index (χ0n) is 15.5. The molecule has 2 aromatic rings. The first-order chi connectivity index (χ1) is 14.0. The van der Waals surface area contributed by atoms with Crippen LogP contribution in [-0.2, 0) is 20.7 Å². The summed E-state index contributed by atoms with van der Waals surface area (Å²) >= 11 is 5.90. The molecule has 3 rings (SSSR count). The van der Waals surface area contributed by atoms with Crippen LogP contribution in [0.4, 0.5) is 0 Å². The molecular formula is C21H19ClN2O5. The fourth-order valence-electron chi connectivity index (χ4n) is 2.95. The Morgan fingerprint density at radius 3 is 2.34 bits per heavy atom. The highest BCUT2D eigenvalue weighted by Crippen LogP contribution is 2.22. The predicted octanol–water partition coefficient (Wildman–Crippen LogP) is 2.23. The first-order valence-corrected chi connectivity index (χ1v) is 9.45. The maximum atomic E-state index is 12.2. The second kappa shape index (κ2) is 9.34. The van der Waals surface area contributed by atoms with Crippen molar-refractivity contribution in [2.24, 2.45) is 0 Å². The Kier molecular flexibility index (Phi) is 6.61. The third-order valence-electron chi connectivity index (χ3n) is 4.41. The smallest absolute Gasteiger partial charge is 0.308 e. The van der Waals surface area contributed by atoms with Crippen molar-refractivity contribution in [3.8, 4) is 0 Å². The Labute approximate surface area is 172 Å². The van der Waals surface area contributed by atoms with Gasteiger partial charge in [0.15, 0.2) is 6.61 Å². The van der Waals surface area contributed by atoms with Gasteiger partial charge in [-0.05, 0) is 36.2 Å². The lowest BCUT2D eigenvalue weighted by atomic mass is 10.1. The molecule has 0 saturated carbocycles. The van der Waals surface area contributed by atoms with Gasteiger partial charge in [-0.3, -0.25) is 24.1 Å². The van der Waals surface area contributed by atoms with E-state index in [1.54, 1.807) is 30.3 Å². The minimum Gasteiger partial charge on any atom is -0.456 e. The number of carbonyl (C=O) groups excluding carboxylic acids is 4. The molecular weight excluding hydrogens is 396 g/mol. The number of halogens is 1. The van der Waals surface area contributed by atoms with Crippen LogP contribution >= 0.6 is 11.6 Å². The number of nitrogens with one attached hydrogen (secondary N) is 1. The van der Waals surface area contributed by atoms with Gasteiger partial charge >= 0.3 is 5.97 Å². The van der Waals surface area contributed by atoms with Gasteiger partial charge in [0.1, 0.15) is 0 Å². The number of ether oxygens (including phenoxy) is 1. The molecule has 0 unspecified atom stereocenters. The lowest BCUT2D eigenvalue weighted by Gasteiger charge is -2.13. The van der Waals surface area contributed by atoms with Gasteiger partial charge in [0.2, 0.25) is 0 Å². The van der Waals surface area contributed by atoms with Crippen molar-refractivity contribution in [3.63, 3.8) is 0 Å². The quantitative estimate of drug-likeness (QED) is 0.528. The summed E-state index contributed by atoms with van der Waals surface area (Å²) in [5.41, 5.74) is 1.63. The molecule has 3 amide bonds. The molecule has 0 spiro atoms. The molecule has 0 saturated heterocycles. The third-order valence-corrected chi connectivity index (χ3v) is 4.64. The average Bonchev–Trinajstić information content (AvgIpc) is 2.95. The Morgan fingerprint density at radius 1 is 1.00 bits per heavy atom. The minimum atomic E-state index is -0.661. The molecule has 1 aliphatic heterocycles. The largest absolute Gasteiger partial charge is 0.456 e. The number of amides is 3. The molecule has 0 radical (unpaired) electrons. The van der Waals surface area contributed by atoms with Gasteiger partial charge in [-0.1, -0.05) is 35.9 Å². The Hall–Kier alpha value is -3.19. The molecule has 0 fully saturated rings. The average molecular weight is 415 g/mol.